The van der Waals surface area contributed by atoms with Crippen LogP contribution in [0.2, 0.25) is 20.1 Å². The summed E-state index contributed by atoms with van der Waals surface area (Å²) in [5.41, 5.74) is -3.07. The highest BCUT2D eigenvalue weighted by atomic mass is 127. The van der Waals surface area contributed by atoms with Crippen LogP contribution in [0.15, 0.2) is 178 Å². The molecule has 8 heterocycles. The summed E-state index contributed by atoms with van der Waals surface area (Å²) >= 11 is 49.5. The highest BCUT2D eigenvalue weighted by Crippen LogP contribution is 2.40. The largest absolute Gasteiger partial charge is 0.435 e. The van der Waals surface area contributed by atoms with Gasteiger partial charge in [0.05, 0.1) is 65.1 Å². The van der Waals surface area contributed by atoms with E-state index in [0.717, 1.165) is 9.13 Å². The van der Waals surface area contributed by atoms with Crippen molar-refractivity contribution in [1.82, 2.24) is 80.3 Å². The van der Waals surface area contributed by atoms with Gasteiger partial charge in [-0.2, -0.15) is 59.9 Å². The second-order valence-electron chi connectivity index (χ2n) is 26.1. The topological polar surface area (TPSA) is 356 Å². The fraction of sp³-hybridized carbons (Fsp3) is 0.169. The fourth-order valence-corrected chi connectivity index (χ4v) is 16.8. The van der Waals surface area contributed by atoms with E-state index in [1.165, 1.54) is 84.9 Å². The van der Waals surface area contributed by atoms with Gasteiger partial charge in [0.15, 0.2) is 40.4 Å². The summed E-state index contributed by atoms with van der Waals surface area (Å²) in [4.78, 5) is 118. The minimum absolute atomic E-state index is 0.00814. The minimum atomic E-state index is -4.82. The van der Waals surface area contributed by atoms with Crippen LogP contribution in [0.5, 0.6) is 0 Å². The molecule has 0 aliphatic rings. The number of hydrogen-bond acceptors (Lipinski definition) is 16. The number of carbonyl (C=O) groups is 8. The number of aromatic nitrogens is 12. The molecular formula is C77H57Br7Cl4F9IN20O8. The minimum Gasteiger partial charge on any atom is -0.355 e. The summed E-state index contributed by atoms with van der Waals surface area (Å²) in [5.74, 6) is -5.22. The van der Waals surface area contributed by atoms with Crippen LogP contribution in [-0.4, -0.2) is 132 Å². The van der Waals surface area contributed by atoms with Crippen LogP contribution in [0.25, 0.3) is 23.3 Å². The predicted molar refractivity (Wildman–Crippen MR) is 486 cm³/mol. The summed E-state index contributed by atoms with van der Waals surface area (Å²) in [6.07, 6.45) is -8.97. The molecule has 0 bridgehead atoms. The van der Waals surface area contributed by atoms with Crippen LogP contribution in [0.1, 0.15) is 141 Å². The van der Waals surface area contributed by atoms with Gasteiger partial charge in [0, 0.05) is 105 Å². The van der Waals surface area contributed by atoms with Crippen molar-refractivity contribution in [1.29, 1.82) is 0 Å². The van der Waals surface area contributed by atoms with Gasteiger partial charge in [0.1, 0.15) is 27.4 Å². The molecule has 0 aliphatic carbocycles. The number of alkyl halides is 9. The predicted octanol–water partition coefficient (Wildman–Crippen LogP) is 21.4. The number of rotatable bonds is 19. The molecule has 0 radical (unpaired) electrons. The summed E-state index contributed by atoms with van der Waals surface area (Å²) in [5, 5.41) is 36.0. The molecule has 8 amide bonds. The zero-order valence-corrected chi connectivity index (χ0v) is 81.1. The summed E-state index contributed by atoms with van der Waals surface area (Å²) in [6.45, 7) is 11.2. The molecule has 0 unspecified atom stereocenters. The van der Waals surface area contributed by atoms with Crippen LogP contribution < -0.4 is 42.5 Å². The van der Waals surface area contributed by atoms with Crippen molar-refractivity contribution >= 4 is 251 Å². The van der Waals surface area contributed by atoms with Crippen molar-refractivity contribution in [2.24, 2.45) is 0 Å². The fourth-order valence-electron chi connectivity index (χ4n) is 10.8. The zero-order chi connectivity index (χ0) is 93.0. The summed E-state index contributed by atoms with van der Waals surface area (Å²) in [7, 11) is 1.40. The average Bonchev–Trinajstić information content (AvgIpc) is 1.64. The third kappa shape index (κ3) is 25.4. The lowest BCUT2D eigenvalue weighted by Gasteiger charge is -2.16. The molecule has 12 rings (SSSR count). The lowest BCUT2D eigenvalue weighted by Crippen LogP contribution is -2.31. The van der Waals surface area contributed by atoms with Crippen LogP contribution in [0, 0.1) is 10.5 Å². The molecule has 0 atom stereocenters. The molecule has 660 valence electrons. The molecule has 126 heavy (non-hydrogen) atoms. The lowest BCUT2D eigenvalue weighted by molar-refractivity contribution is -0.142. The van der Waals surface area contributed by atoms with E-state index in [4.69, 9.17) is 46.4 Å². The van der Waals surface area contributed by atoms with Crippen molar-refractivity contribution in [2.75, 3.05) is 34.9 Å². The number of pyridine rings is 4. The maximum absolute atomic E-state index is 13.4. The molecule has 8 aromatic heterocycles. The standard InChI is InChI=1S/C20H15Br2ClF3N5O2.C20H18BrClIN5O2.C19H13Br2ClF3N5O2.C18H11Br2ClF3N5O2/c1-9(2)28-18(32)11-6-10(21)7-12(22)16(11)29-19(33)14-8-15(20(24,25)26)30-31(14)17-13(23)4-3-5-27-17;1-10(2)25-19(29)13-8-12(23)7-11(3)17(13)26-20(30)15-9-16(21)27-28(15)18-14(22)5-4-6-24-18;1-2-26-17(31)10-6-9(20)7-11(21)15(10)28-18(32)13-8-14(19(23,24)25)29-30(13)16-12(22)4-3-5-27-16;1-25-16(30)9-5-8(19)6-10(20)14(9)27-17(31)12-7-13(18(22,23)24)28-29(12)15-11(21)3-2-4-26-15/h3-9H,1-2H3,(H,28,32)(H,29,33);4-10H,1-3H3,(H,25,29)(H,26,30);3-8H,2H2,1H3,(H,26,31)(H,28,32);2-7H,1H3,(H,25,30)(H,27,31). The van der Waals surface area contributed by atoms with Crippen LogP contribution in [0.3, 0.4) is 0 Å². The zero-order valence-electron chi connectivity index (χ0n) is 64.8. The maximum Gasteiger partial charge on any atom is 0.435 e. The van der Waals surface area contributed by atoms with Gasteiger partial charge >= 0.3 is 18.5 Å². The van der Waals surface area contributed by atoms with Crippen molar-refractivity contribution < 1.29 is 77.9 Å². The third-order valence-corrected chi connectivity index (χ3v) is 21.6. The van der Waals surface area contributed by atoms with Gasteiger partial charge in [0.25, 0.3) is 47.3 Å². The smallest absolute Gasteiger partial charge is 0.355 e. The molecule has 0 fully saturated rings. The van der Waals surface area contributed by atoms with E-state index in [0.29, 0.717) is 92.3 Å². The Balaban J connectivity index is 0.000000190. The van der Waals surface area contributed by atoms with Gasteiger partial charge in [-0.3, -0.25) is 38.4 Å². The Bertz CT molecular complexity index is 6220. The van der Waals surface area contributed by atoms with E-state index in [9.17, 15) is 77.9 Å². The molecule has 4 aromatic carbocycles. The SMILES string of the molecule is CC(C)NC(=O)c1cc(Br)cc(Br)c1NC(=O)c1cc(C(F)(F)F)nn1-c1ncccc1Cl.CCNC(=O)c1cc(Br)cc(Br)c1NC(=O)c1cc(C(F)(F)F)nn1-c1ncccc1Cl.CNC(=O)c1cc(Br)cc(Br)c1NC(=O)c1cc(C(F)(F)F)nn1-c1ncccc1Cl.Cc1cc(I)cc(C(=O)NC(C)C)c1NC(=O)c1cc(Br)nn1-c1ncccc1Cl. The average molecular weight is 2390 g/mol. The maximum atomic E-state index is 13.4. The van der Waals surface area contributed by atoms with Gasteiger partial charge < -0.3 is 42.5 Å². The molecular weight excluding hydrogens is 2330 g/mol. The quantitative estimate of drug-likeness (QED) is 0.0275. The van der Waals surface area contributed by atoms with E-state index in [-0.39, 0.29) is 90.0 Å². The summed E-state index contributed by atoms with van der Waals surface area (Å²) < 4.78 is 127. The number of hydrogen-bond donors (Lipinski definition) is 8. The number of benzene rings is 4. The van der Waals surface area contributed by atoms with E-state index in [1.54, 1.807) is 69.4 Å². The Hall–Kier alpha value is -9.30. The Morgan fingerprint density at radius 2 is 0.683 bits per heavy atom. The van der Waals surface area contributed by atoms with Crippen molar-refractivity contribution in [3.05, 3.63) is 269 Å². The number of aryl methyl sites for hydroxylation is 1. The molecule has 12 aromatic rings. The monoisotopic (exact) mass is 2380 g/mol. The van der Waals surface area contributed by atoms with Crippen LogP contribution in [-0.2, 0) is 18.5 Å². The van der Waals surface area contributed by atoms with Crippen LogP contribution >= 0.6 is 181 Å². The van der Waals surface area contributed by atoms with Crippen LogP contribution in [0.4, 0.5) is 62.3 Å². The van der Waals surface area contributed by atoms with E-state index < -0.39 is 94.0 Å². The van der Waals surface area contributed by atoms with Crippen molar-refractivity contribution in [2.45, 2.75) is 72.2 Å². The number of anilines is 4. The molecule has 8 N–H and O–H groups in total. The van der Waals surface area contributed by atoms with Gasteiger partial charge in [-0.25, -0.2) is 38.7 Å². The Labute approximate surface area is 800 Å². The summed E-state index contributed by atoms with van der Waals surface area (Å²) in [6, 6.07) is 27.8. The second-order valence-corrected chi connectivity index (χ2v) is 35.1. The van der Waals surface area contributed by atoms with Gasteiger partial charge in [-0.15, -0.1) is 0 Å². The van der Waals surface area contributed by atoms with Gasteiger partial charge in [0.2, 0.25) is 0 Å². The molecule has 49 heteroatoms. The first-order valence-electron chi connectivity index (χ1n) is 35.5. The third-order valence-electron chi connectivity index (χ3n) is 16.2. The molecule has 28 nitrogen and oxygen atoms in total. The van der Waals surface area contributed by atoms with Gasteiger partial charge in [-0.05, 0) is 230 Å². The highest BCUT2D eigenvalue weighted by molar-refractivity contribution is 14.1. The Morgan fingerprint density at radius 3 is 0.976 bits per heavy atom. The van der Waals surface area contributed by atoms with Gasteiger partial charge in [-0.1, -0.05) is 94.2 Å². The lowest BCUT2D eigenvalue weighted by atomic mass is 10.1. The number of halogens is 21. The molecule has 0 aliphatic heterocycles. The number of carbonyl (C=O) groups excluding carboxylic acids is 8. The molecule has 0 saturated heterocycles. The second kappa shape index (κ2) is 43.2. The first-order chi connectivity index (χ1) is 59.1. The van der Waals surface area contributed by atoms with E-state index in [1.807, 2.05) is 26.8 Å². The molecule has 0 saturated carbocycles. The number of amides is 8. The van der Waals surface area contributed by atoms with E-state index >= 15 is 0 Å². The number of nitrogens with one attached hydrogen (secondary N) is 8. The number of nitrogens with zero attached hydrogens (tertiary/aromatic N) is 12. The first-order valence-corrected chi connectivity index (χ1v) is 43.6. The Kier molecular flexibility index (Phi) is 34.4. The normalized spacial score (nSPS) is 11.3. The molecule has 0 spiro atoms. The van der Waals surface area contributed by atoms with Crippen molar-refractivity contribution in [3.63, 3.8) is 0 Å². The highest BCUT2D eigenvalue weighted by Gasteiger charge is 2.40. The van der Waals surface area contributed by atoms with Crippen molar-refractivity contribution in [3.8, 4) is 23.3 Å². The first kappa shape index (κ1) is 100. The van der Waals surface area contributed by atoms with E-state index in [2.05, 4.69) is 217 Å². The Morgan fingerprint density at radius 1 is 0.397 bits per heavy atom.